The summed E-state index contributed by atoms with van der Waals surface area (Å²) in [6, 6.07) is 0. The summed E-state index contributed by atoms with van der Waals surface area (Å²) in [5.74, 6) is 3.59. The normalized spacial score (nSPS) is 26.6. The van der Waals surface area contributed by atoms with Gasteiger partial charge in [-0.1, -0.05) is 0 Å². The van der Waals surface area contributed by atoms with Gasteiger partial charge in [-0.05, 0) is 6.92 Å². The molecule has 1 saturated heterocycles. The monoisotopic (exact) mass is 361 g/mol. The lowest BCUT2D eigenvalue weighted by molar-refractivity contribution is -0.150. The van der Waals surface area contributed by atoms with Crippen molar-refractivity contribution in [2.75, 3.05) is 20.3 Å². The number of hydrogen-bond donors (Lipinski definition) is 7. The Labute approximate surface area is 143 Å². The minimum Gasteiger partial charge on any atom is -0.461 e. The van der Waals surface area contributed by atoms with Gasteiger partial charge in [0.25, 0.3) is 5.91 Å². The van der Waals surface area contributed by atoms with Crippen molar-refractivity contribution in [2.45, 2.75) is 31.5 Å². The molecule has 0 saturated carbocycles. The van der Waals surface area contributed by atoms with Gasteiger partial charge in [0.2, 0.25) is 0 Å². The largest absolute Gasteiger partial charge is 0.461 e. The number of rotatable bonds is 7. The third-order valence-corrected chi connectivity index (χ3v) is 3.51. The minimum absolute atomic E-state index is 0.0167. The van der Waals surface area contributed by atoms with E-state index in [-0.39, 0.29) is 6.61 Å². The van der Waals surface area contributed by atoms with Crippen LogP contribution >= 0.6 is 0 Å². The molecular formula is C13H23N5O7. The highest BCUT2D eigenvalue weighted by Crippen LogP contribution is 2.23. The van der Waals surface area contributed by atoms with Gasteiger partial charge in [-0.15, -0.1) is 0 Å². The standard InChI is InChI=1S/C13H23N5O7/c1-3-24-13(23)7(15)6(14)8(17-2)11(22)18(16)12-10(21)9(20)5(4-19)25-12/h5,9-10,12,15,17,19-21H,3-4,14,16H2,1-2H3/b8-6+,15-7?. The fourth-order valence-corrected chi connectivity index (χ4v) is 2.15. The van der Waals surface area contributed by atoms with Gasteiger partial charge in [0, 0.05) is 7.05 Å². The smallest absolute Gasteiger partial charge is 0.358 e. The number of hydrogen-bond acceptors (Lipinski definition) is 11. The molecule has 0 aliphatic carbocycles. The molecule has 12 heteroatoms. The van der Waals surface area contributed by atoms with E-state index in [2.05, 4.69) is 10.1 Å². The Bertz CT molecular complexity index is 567. The average molecular weight is 361 g/mol. The second-order valence-electron chi connectivity index (χ2n) is 5.08. The summed E-state index contributed by atoms with van der Waals surface area (Å²) in [6.45, 7) is 0.961. The highest BCUT2D eigenvalue weighted by Gasteiger charge is 2.46. The first-order valence-corrected chi connectivity index (χ1v) is 7.35. The van der Waals surface area contributed by atoms with Gasteiger partial charge < -0.3 is 35.8 Å². The number of aliphatic hydroxyl groups excluding tert-OH is 3. The van der Waals surface area contributed by atoms with E-state index in [0.717, 1.165) is 0 Å². The van der Waals surface area contributed by atoms with E-state index in [9.17, 15) is 19.8 Å². The maximum absolute atomic E-state index is 12.5. The number of ether oxygens (including phenoxy) is 2. The first-order valence-electron chi connectivity index (χ1n) is 7.35. The SMILES string of the molecule is CCOC(=O)C(=N)/C(N)=C(\NC)C(=O)N(N)C1OC(CO)C(O)C1O. The number of carbonyl (C=O) groups excluding carboxylic acids is 2. The van der Waals surface area contributed by atoms with Crippen molar-refractivity contribution in [1.82, 2.24) is 10.3 Å². The van der Waals surface area contributed by atoms with Gasteiger partial charge in [0.15, 0.2) is 11.9 Å². The van der Waals surface area contributed by atoms with Crippen LogP contribution in [0.1, 0.15) is 6.92 Å². The van der Waals surface area contributed by atoms with Gasteiger partial charge in [0.1, 0.15) is 24.0 Å². The molecule has 0 aromatic rings. The van der Waals surface area contributed by atoms with Crippen LogP contribution in [0, 0.1) is 5.41 Å². The lowest BCUT2D eigenvalue weighted by Gasteiger charge is -2.27. The van der Waals surface area contributed by atoms with Crippen LogP contribution in [0.2, 0.25) is 0 Å². The van der Waals surface area contributed by atoms with Crippen molar-refractivity contribution in [2.24, 2.45) is 11.6 Å². The summed E-state index contributed by atoms with van der Waals surface area (Å²) in [5, 5.41) is 39.2. The number of nitrogens with one attached hydrogen (secondary N) is 2. The van der Waals surface area contributed by atoms with Crippen molar-refractivity contribution in [3.05, 3.63) is 11.4 Å². The van der Waals surface area contributed by atoms with Gasteiger partial charge in [-0.25, -0.2) is 15.6 Å². The van der Waals surface area contributed by atoms with Crippen molar-refractivity contribution in [3.63, 3.8) is 0 Å². The van der Waals surface area contributed by atoms with Crippen LogP contribution < -0.4 is 16.9 Å². The van der Waals surface area contributed by atoms with Gasteiger partial charge in [0.05, 0.1) is 18.9 Å². The number of nitrogens with two attached hydrogens (primary N) is 2. The van der Waals surface area contributed by atoms with Crippen LogP contribution in [0.15, 0.2) is 11.4 Å². The lowest BCUT2D eigenvalue weighted by atomic mass is 10.1. The zero-order chi connectivity index (χ0) is 19.3. The Hall–Kier alpha value is -2.25. The van der Waals surface area contributed by atoms with E-state index >= 15 is 0 Å². The number of likely N-dealkylation sites (N-methyl/N-ethyl adjacent to an activating group) is 1. The molecule has 25 heavy (non-hydrogen) atoms. The van der Waals surface area contributed by atoms with Crippen molar-refractivity contribution < 1.29 is 34.4 Å². The van der Waals surface area contributed by atoms with E-state index in [1.54, 1.807) is 6.92 Å². The maximum atomic E-state index is 12.5. The fourth-order valence-electron chi connectivity index (χ4n) is 2.15. The van der Waals surface area contributed by atoms with E-state index in [4.69, 9.17) is 26.8 Å². The Morgan fingerprint density at radius 3 is 2.40 bits per heavy atom. The second-order valence-corrected chi connectivity index (χ2v) is 5.08. The summed E-state index contributed by atoms with van der Waals surface area (Å²) >= 11 is 0. The van der Waals surface area contributed by atoms with Crippen LogP contribution in [0.25, 0.3) is 0 Å². The topological polar surface area (TPSA) is 204 Å². The quantitative estimate of drug-likeness (QED) is 0.0586. The molecule has 0 spiro atoms. The maximum Gasteiger partial charge on any atom is 0.358 e. The highest BCUT2D eigenvalue weighted by atomic mass is 16.6. The molecule has 0 aromatic carbocycles. The molecular weight excluding hydrogens is 338 g/mol. The molecule has 0 radical (unpaired) electrons. The third-order valence-electron chi connectivity index (χ3n) is 3.51. The zero-order valence-corrected chi connectivity index (χ0v) is 13.8. The third kappa shape index (κ3) is 4.24. The molecule has 12 nitrogen and oxygen atoms in total. The number of hydrazine groups is 1. The molecule has 4 unspecified atom stereocenters. The molecule has 0 bridgehead atoms. The van der Waals surface area contributed by atoms with E-state index < -0.39 is 60.1 Å². The van der Waals surface area contributed by atoms with Crippen LogP contribution in [-0.2, 0) is 19.1 Å². The van der Waals surface area contributed by atoms with Gasteiger partial charge in [-0.2, -0.15) is 0 Å². The summed E-state index contributed by atoms with van der Waals surface area (Å²) in [6.07, 6.45) is -5.62. The molecule has 0 aromatic heterocycles. The molecule has 142 valence electrons. The van der Waals surface area contributed by atoms with Gasteiger partial charge >= 0.3 is 5.97 Å². The predicted molar refractivity (Wildman–Crippen MR) is 83.4 cm³/mol. The first kappa shape index (κ1) is 20.8. The van der Waals surface area contributed by atoms with Crippen molar-refractivity contribution in [3.8, 4) is 0 Å². The number of esters is 1. The Morgan fingerprint density at radius 2 is 1.96 bits per heavy atom. The molecule has 1 aliphatic heterocycles. The van der Waals surface area contributed by atoms with E-state index in [1.807, 2.05) is 0 Å². The summed E-state index contributed by atoms with van der Waals surface area (Å²) in [7, 11) is 1.31. The van der Waals surface area contributed by atoms with Crippen molar-refractivity contribution >= 4 is 17.6 Å². The van der Waals surface area contributed by atoms with Crippen LogP contribution in [0.4, 0.5) is 0 Å². The van der Waals surface area contributed by atoms with Crippen LogP contribution in [0.3, 0.4) is 0 Å². The number of nitrogens with zero attached hydrogens (tertiary/aromatic N) is 1. The molecule has 1 fully saturated rings. The van der Waals surface area contributed by atoms with Crippen LogP contribution in [-0.4, -0.2) is 82.7 Å². The Balaban J connectivity index is 3.03. The van der Waals surface area contributed by atoms with Crippen LogP contribution in [0.5, 0.6) is 0 Å². The van der Waals surface area contributed by atoms with E-state index in [0.29, 0.717) is 5.01 Å². The molecule has 1 heterocycles. The Morgan fingerprint density at radius 1 is 1.36 bits per heavy atom. The van der Waals surface area contributed by atoms with Gasteiger partial charge in [-0.3, -0.25) is 10.2 Å². The average Bonchev–Trinajstić information content (AvgIpc) is 2.88. The molecule has 1 aliphatic rings. The summed E-state index contributed by atoms with van der Waals surface area (Å²) < 4.78 is 9.76. The first-order chi connectivity index (χ1) is 11.7. The van der Waals surface area contributed by atoms with E-state index in [1.165, 1.54) is 7.05 Å². The second kappa shape index (κ2) is 8.73. The molecule has 4 atom stereocenters. The Kier molecular flexibility index (Phi) is 7.26. The number of carbonyl (C=O) groups is 2. The molecule has 1 amide bonds. The fraction of sp³-hybridized carbons (Fsp3) is 0.615. The minimum atomic E-state index is -1.57. The molecule has 1 rings (SSSR count). The predicted octanol–water partition coefficient (Wildman–Crippen LogP) is -3.90. The number of aliphatic hydroxyl groups is 3. The molecule has 9 N–H and O–H groups in total. The number of amides is 1. The summed E-state index contributed by atoms with van der Waals surface area (Å²) in [5.41, 5.74) is 3.97. The summed E-state index contributed by atoms with van der Waals surface area (Å²) in [4.78, 5) is 24.0. The lowest BCUT2D eigenvalue weighted by Crippen LogP contribution is -2.53. The highest BCUT2D eigenvalue weighted by molar-refractivity contribution is 6.42. The van der Waals surface area contributed by atoms with Crippen molar-refractivity contribution in [1.29, 1.82) is 5.41 Å². The zero-order valence-electron chi connectivity index (χ0n) is 13.8.